The molecule has 0 aliphatic carbocycles. The second-order valence-electron chi connectivity index (χ2n) is 5.94. The summed E-state index contributed by atoms with van der Waals surface area (Å²) in [5.74, 6) is -0.373. The topological polar surface area (TPSA) is 92.3 Å². The Morgan fingerprint density at radius 3 is 2.52 bits per heavy atom. The molecule has 1 heterocycles. The number of amides is 1. The Labute approximate surface area is 146 Å². The number of benzene rings is 2. The molecule has 3 rings (SSSR count). The van der Waals surface area contributed by atoms with Gasteiger partial charge >= 0.3 is 0 Å². The quantitative estimate of drug-likeness (QED) is 0.857. The van der Waals surface area contributed by atoms with Gasteiger partial charge in [-0.15, -0.1) is 0 Å². The second kappa shape index (κ2) is 6.78. The van der Waals surface area contributed by atoms with Gasteiger partial charge in [-0.2, -0.15) is 4.72 Å². The van der Waals surface area contributed by atoms with E-state index in [1.807, 2.05) is 0 Å². The van der Waals surface area contributed by atoms with Crippen molar-refractivity contribution in [3.05, 3.63) is 59.7 Å². The molecule has 6 nitrogen and oxygen atoms in total. The van der Waals surface area contributed by atoms with E-state index in [2.05, 4.69) is 10.0 Å². The number of aryl methyl sites for hydroxylation is 1. The molecule has 0 radical (unpaired) electrons. The van der Waals surface area contributed by atoms with E-state index in [1.54, 1.807) is 42.5 Å². The van der Waals surface area contributed by atoms with Gasteiger partial charge in [0.2, 0.25) is 15.9 Å². The van der Waals surface area contributed by atoms with Crippen LogP contribution < -0.4 is 10.0 Å². The summed E-state index contributed by atoms with van der Waals surface area (Å²) in [6.07, 6.45) is 0.809. The van der Waals surface area contributed by atoms with E-state index >= 15 is 0 Å². The van der Waals surface area contributed by atoms with Crippen LogP contribution in [0.1, 0.15) is 30.5 Å². The van der Waals surface area contributed by atoms with Crippen LogP contribution in [0.25, 0.3) is 0 Å². The van der Waals surface area contributed by atoms with E-state index in [-0.39, 0.29) is 16.6 Å². The number of carbonyl (C=O) groups is 2. The van der Waals surface area contributed by atoms with Crippen molar-refractivity contribution in [2.45, 2.75) is 30.7 Å². The first kappa shape index (κ1) is 17.3. The van der Waals surface area contributed by atoms with Crippen molar-refractivity contribution >= 4 is 27.4 Å². The number of ketones is 1. The number of hydrogen-bond donors (Lipinski definition) is 2. The SMILES string of the molecule is CC(=O)C(NS(=O)(=O)c1ccc2c(c1)CCC(=O)N2)c1ccccc1. The zero-order valence-corrected chi connectivity index (χ0v) is 14.5. The van der Waals surface area contributed by atoms with E-state index in [0.29, 0.717) is 24.1 Å². The molecule has 7 heteroatoms. The van der Waals surface area contributed by atoms with Crippen LogP contribution in [-0.4, -0.2) is 20.1 Å². The first-order chi connectivity index (χ1) is 11.9. The molecule has 0 aromatic heterocycles. The number of nitrogens with one attached hydrogen (secondary N) is 2. The number of rotatable bonds is 5. The van der Waals surface area contributed by atoms with E-state index in [9.17, 15) is 18.0 Å². The highest BCUT2D eigenvalue weighted by Gasteiger charge is 2.26. The van der Waals surface area contributed by atoms with Crippen LogP contribution in [0.4, 0.5) is 5.69 Å². The van der Waals surface area contributed by atoms with Crippen molar-refractivity contribution in [3.8, 4) is 0 Å². The summed E-state index contributed by atoms with van der Waals surface area (Å²) in [4.78, 5) is 23.4. The van der Waals surface area contributed by atoms with E-state index in [0.717, 1.165) is 5.56 Å². The van der Waals surface area contributed by atoms with Crippen LogP contribution in [0.5, 0.6) is 0 Å². The molecule has 130 valence electrons. The lowest BCUT2D eigenvalue weighted by Gasteiger charge is -2.19. The largest absolute Gasteiger partial charge is 0.326 e. The number of sulfonamides is 1. The number of fused-ring (bicyclic) bond motifs is 1. The average molecular weight is 358 g/mol. The minimum Gasteiger partial charge on any atom is -0.326 e. The third kappa shape index (κ3) is 3.78. The van der Waals surface area contributed by atoms with E-state index < -0.39 is 16.1 Å². The number of carbonyl (C=O) groups excluding carboxylic acids is 2. The molecule has 2 aromatic carbocycles. The summed E-state index contributed by atoms with van der Waals surface area (Å²) in [6.45, 7) is 1.35. The standard InChI is InChI=1S/C18H18N2O4S/c1-12(21)18(13-5-3-2-4-6-13)20-25(23,24)15-8-9-16-14(11-15)7-10-17(22)19-16/h2-6,8-9,11,18,20H,7,10H2,1H3,(H,19,22). The van der Waals surface area contributed by atoms with Crippen LogP contribution in [0.15, 0.2) is 53.4 Å². The minimum absolute atomic E-state index is 0.0737. The molecular formula is C18H18N2O4S. The Balaban J connectivity index is 1.91. The molecule has 1 atom stereocenters. The van der Waals surface area contributed by atoms with Gasteiger partial charge in [0.15, 0.2) is 5.78 Å². The Morgan fingerprint density at radius 1 is 1.12 bits per heavy atom. The predicted molar refractivity (Wildman–Crippen MR) is 93.6 cm³/mol. The smallest absolute Gasteiger partial charge is 0.241 e. The van der Waals surface area contributed by atoms with Gasteiger partial charge in [0.1, 0.15) is 6.04 Å². The van der Waals surface area contributed by atoms with Gasteiger partial charge in [-0.25, -0.2) is 8.42 Å². The Morgan fingerprint density at radius 2 is 1.84 bits per heavy atom. The molecule has 1 unspecified atom stereocenters. The van der Waals surface area contributed by atoms with Gasteiger partial charge in [-0.3, -0.25) is 9.59 Å². The van der Waals surface area contributed by atoms with Gasteiger partial charge in [-0.1, -0.05) is 30.3 Å². The number of Topliss-reactive ketones (excluding diaryl/α,β-unsaturated/α-hetero) is 1. The van der Waals surface area contributed by atoms with E-state index in [1.165, 1.54) is 13.0 Å². The molecule has 0 saturated heterocycles. The predicted octanol–water partition coefficient (Wildman–Crippen LogP) is 2.18. The average Bonchev–Trinajstić information content (AvgIpc) is 2.59. The van der Waals surface area contributed by atoms with Crippen LogP contribution in [0, 0.1) is 0 Å². The minimum atomic E-state index is -3.88. The van der Waals surface area contributed by atoms with Crippen molar-refractivity contribution in [1.29, 1.82) is 0 Å². The molecule has 25 heavy (non-hydrogen) atoms. The molecule has 0 fully saturated rings. The summed E-state index contributed by atoms with van der Waals surface area (Å²) in [5.41, 5.74) is 1.98. The summed E-state index contributed by atoms with van der Waals surface area (Å²) < 4.78 is 27.9. The Bertz CT molecular complexity index is 923. The van der Waals surface area contributed by atoms with Crippen LogP contribution in [-0.2, 0) is 26.0 Å². The third-order valence-electron chi connectivity index (χ3n) is 4.09. The van der Waals surface area contributed by atoms with Crippen molar-refractivity contribution < 1.29 is 18.0 Å². The highest BCUT2D eigenvalue weighted by molar-refractivity contribution is 7.89. The van der Waals surface area contributed by atoms with Crippen molar-refractivity contribution in [2.24, 2.45) is 0 Å². The third-order valence-corrected chi connectivity index (χ3v) is 5.52. The Hall–Kier alpha value is -2.51. The summed E-state index contributed by atoms with van der Waals surface area (Å²) in [5, 5.41) is 2.72. The van der Waals surface area contributed by atoms with Crippen LogP contribution in [0.2, 0.25) is 0 Å². The lowest BCUT2D eigenvalue weighted by atomic mass is 10.0. The fourth-order valence-electron chi connectivity index (χ4n) is 2.78. The van der Waals surface area contributed by atoms with Crippen LogP contribution >= 0.6 is 0 Å². The summed E-state index contributed by atoms with van der Waals surface area (Å²) in [6, 6.07) is 12.3. The highest BCUT2D eigenvalue weighted by Crippen LogP contribution is 2.26. The molecule has 2 aromatic rings. The molecule has 0 saturated carbocycles. The fraction of sp³-hybridized carbons (Fsp3) is 0.222. The normalized spacial score (nSPS) is 15.2. The zero-order chi connectivity index (χ0) is 18.0. The monoisotopic (exact) mass is 358 g/mol. The lowest BCUT2D eigenvalue weighted by Crippen LogP contribution is -2.33. The van der Waals surface area contributed by atoms with Gasteiger partial charge < -0.3 is 5.32 Å². The van der Waals surface area contributed by atoms with Crippen LogP contribution in [0.3, 0.4) is 0 Å². The number of hydrogen-bond acceptors (Lipinski definition) is 4. The van der Waals surface area contributed by atoms with Crippen molar-refractivity contribution in [3.63, 3.8) is 0 Å². The first-order valence-corrected chi connectivity index (χ1v) is 9.35. The molecule has 2 N–H and O–H groups in total. The second-order valence-corrected chi connectivity index (χ2v) is 7.66. The lowest BCUT2D eigenvalue weighted by molar-refractivity contribution is -0.118. The first-order valence-electron chi connectivity index (χ1n) is 7.87. The highest BCUT2D eigenvalue weighted by atomic mass is 32.2. The maximum absolute atomic E-state index is 12.7. The van der Waals surface area contributed by atoms with Gasteiger partial charge in [-0.05, 0) is 42.7 Å². The maximum Gasteiger partial charge on any atom is 0.241 e. The number of anilines is 1. The summed E-state index contributed by atoms with van der Waals surface area (Å²) >= 11 is 0. The van der Waals surface area contributed by atoms with E-state index in [4.69, 9.17) is 0 Å². The molecule has 0 bridgehead atoms. The molecule has 1 aliphatic rings. The maximum atomic E-state index is 12.7. The van der Waals surface area contributed by atoms with Gasteiger partial charge in [0.25, 0.3) is 0 Å². The van der Waals surface area contributed by atoms with Crippen molar-refractivity contribution in [1.82, 2.24) is 4.72 Å². The van der Waals surface area contributed by atoms with Gasteiger partial charge in [0, 0.05) is 12.1 Å². The van der Waals surface area contributed by atoms with Gasteiger partial charge in [0.05, 0.1) is 4.90 Å². The fourth-order valence-corrected chi connectivity index (χ4v) is 4.07. The molecule has 1 aliphatic heterocycles. The molecule has 0 spiro atoms. The zero-order valence-electron chi connectivity index (χ0n) is 13.7. The molecule has 1 amide bonds. The Kier molecular flexibility index (Phi) is 4.69. The summed E-state index contributed by atoms with van der Waals surface area (Å²) in [7, 11) is -3.88. The molecular weight excluding hydrogens is 340 g/mol. The van der Waals surface area contributed by atoms with Crippen molar-refractivity contribution in [2.75, 3.05) is 5.32 Å².